The summed E-state index contributed by atoms with van der Waals surface area (Å²) in [7, 11) is 1.43. The van der Waals surface area contributed by atoms with E-state index in [2.05, 4.69) is 19.9 Å². The number of aromatic nitrogens is 4. The molecule has 0 radical (unpaired) electrons. The number of hydrogen-bond donors (Lipinski definition) is 2. The number of rotatable bonds is 6. The molecule has 0 spiro atoms. The minimum atomic E-state index is -1.23. The minimum absolute atomic E-state index is 0.0786. The quantitative estimate of drug-likeness (QED) is 0.696. The molecule has 158 valence electrons. The first-order chi connectivity index (χ1) is 13.8. The van der Waals surface area contributed by atoms with E-state index in [1.54, 1.807) is 6.07 Å². The molecule has 3 heterocycles. The Morgan fingerprint density at radius 3 is 1.72 bits per heavy atom. The van der Waals surface area contributed by atoms with Crippen LogP contribution in [0.4, 0.5) is 0 Å². The van der Waals surface area contributed by atoms with Gasteiger partial charge in [0.05, 0.1) is 6.61 Å². The molecule has 0 amide bonds. The monoisotopic (exact) mass is 406 g/mol. The van der Waals surface area contributed by atoms with Crippen molar-refractivity contribution in [2.24, 2.45) is 0 Å². The van der Waals surface area contributed by atoms with E-state index in [0.717, 1.165) is 11.4 Å². The maximum absolute atomic E-state index is 10.8. The fraction of sp³-hybridized carbons (Fsp3) is 0.579. The summed E-state index contributed by atoms with van der Waals surface area (Å²) in [6.07, 6.45) is -5.06. The van der Waals surface area contributed by atoms with E-state index in [0.29, 0.717) is 11.4 Å². The second-order valence-electron chi connectivity index (χ2n) is 6.98. The van der Waals surface area contributed by atoms with Crippen LogP contribution >= 0.6 is 0 Å². The third-order valence-electron chi connectivity index (χ3n) is 4.44. The van der Waals surface area contributed by atoms with Gasteiger partial charge in [-0.15, -0.1) is 0 Å². The van der Waals surface area contributed by atoms with Gasteiger partial charge in [-0.05, 0) is 39.8 Å². The summed E-state index contributed by atoms with van der Waals surface area (Å²) in [5.41, 5.74) is 2.88. The molecule has 1 saturated heterocycles. The SMILES string of the molecule is CO[C@H]1O[C@H](CO)[C@@H](O)[C@H](Oc2nc(C)cc(C)n2)[C@H]1Oc1nc(C)cc(C)n1. The van der Waals surface area contributed by atoms with Gasteiger partial charge in [0.25, 0.3) is 0 Å². The van der Waals surface area contributed by atoms with Gasteiger partial charge in [-0.25, -0.2) is 19.9 Å². The van der Waals surface area contributed by atoms with Crippen molar-refractivity contribution in [2.45, 2.75) is 58.4 Å². The maximum atomic E-state index is 10.8. The summed E-state index contributed by atoms with van der Waals surface area (Å²) in [5.74, 6) is 0. The van der Waals surface area contributed by atoms with E-state index in [4.69, 9.17) is 18.9 Å². The van der Waals surface area contributed by atoms with Crippen molar-refractivity contribution in [2.75, 3.05) is 13.7 Å². The lowest BCUT2D eigenvalue weighted by Gasteiger charge is -2.42. The van der Waals surface area contributed by atoms with Crippen molar-refractivity contribution in [3.8, 4) is 12.0 Å². The number of ether oxygens (including phenoxy) is 4. The second kappa shape index (κ2) is 8.95. The zero-order chi connectivity index (χ0) is 21.1. The lowest BCUT2D eigenvalue weighted by Crippen LogP contribution is -2.63. The van der Waals surface area contributed by atoms with Gasteiger partial charge < -0.3 is 29.2 Å². The highest BCUT2D eigenvalue weighted by atomic mass is 16.7. The third-order valence-corrected chi connectivity index (χ3v) is 4.44. The van der Waals surface area contributed by atoms with Gasteiger partial charge in [-0.1, -0.05) is 0 Å². The van der Waals surface area contributed by atoms with Crippen LogP contribution < -0.4 is 9.47 Å². The van der Waals surface area contributed by atoms with Crippen molar-refractivity contribution in [1.82, 2.24) is 19.9 Å². The number of nitrogens with zero attached hydrogens (tertiary/aromatic N) is 4. The fourth-order valence-corrected chi connectivity index (χ4v) is 3.23. The molecule has 3 rings (SSSR count). The molecular formula is C19H26N4O6. The molecule has 5 atom stereocenters. The third kappa shape index (κ3) is 4.96. The van der Waals surface area contributed by atoms with Crippen molar-refractivity contribution >= 4 is 0 Å². The highest BCUT2D eigenvalue weighted by Gasteiger charge is 2.49. The highest BCUT2D eigenvalue weighted by Crippen LogP contribution is 2.28. The molecule has 29 heavy (non-hydrogen) atoms. The standard InChI is InChI=1S/C19H26N4O6/c1-9-6-10(2)21-18(20-9)28-15-14(25)13(8-24)27-17(26-5)16(15)29-19-22-11(3)7-12(4)23-19/h6-7,13-17,24-25H,8H2,1-5H3/t13-,14-,15+,16-,17+/m1/s1. The van der Waals surface area contributed by atoms with E-state index >= 15 is 0 Å². The lowest BCUT2D eigenvalue weighted by atomic mass is 9.99. The smallest absolute Gasteiger partial charge is 0.317 e. The van der Waals surface area contributed by atoms with Crippen LogP contribution in [0.15, 0.2) is 12.1 Å². The zero-order valence-corrected chi connectivity index (χ0v) is 17.1. The highest BCUT2D eigenvalue weighted by molar-refractivity contribution is 5.14. The topological polar surface area (TPSA) is 129 Å². The van der Waals surface area contributed by atoms with Crippen molar-refractivity contribution < 1.29 is 29.2 Å². The summed E-state index contributed by atoms with van der Waals surface area (Å²) < 4.78 is 22.9. The largest absolute Gasteiger partial charge is 0.453 e. The normalized spacial score (nSPS) is 26.9. The van der Waals surface area contributed by atoms with Gasteiger partial charge in [-0.3, -0.25) is 0 Å². The molecule has 2 aromatic rings. The van der Waals surface area contributed by atoms with Crippen LogP contribution in [-0.2, 0) is 9.47 Å². The Morgan fingerprint density at radius 1 is 0.862 bits per heavy atom. The first kappa shape index (κ1) is 21.3. The molecule has 0 bridgehead atoms. The first-order valence-corrected chi connectivity index (χ1v) is 9.25. The molecule has 1 fully saturated rings. The molecule has 2 N–H and O–H groups in total. The van der Waals surface area contributed by atoms with Crippen LogP contribution in [0.25, 0.3) is 0 Å². The molecular weight excluding hydrogens is 380 g/mol. The summed E-state index contributed by atoms with van der Waals surface area (Å²) in [5, 5.41) is 20.4. The minimum Gasteiger partial charge on any atom is -0.453 e. The lowest BCUT2D eigenvalue weighted by molar-refractivity contribution is -0.285. The van der Waals surface area contributed by atoms with Crippen LogP contribution in [0.3, 0.4) is 0 Å². The van der Waals surface area contributed by atoms with Crippen LogP contribution in [0.5, 0.6) is 12.0 Å². The number of hydrogen-bond acceptors (Lipinski definition) is 10. The molecule has 0 aliphatic carbocycles. The second-order valence-corrected chi connectivity index (χ2v) is 6.98. The Balaban J connectivity index is 1.95. The van der Waals surface area contributed by atoms with E-state index in [1.807, 2.05) is 33.8 Å². The number of methoxy groups -OCH3 is 1. The summed E-state index contributed by atoms with van der Waals surface area (Å²) in [6.45, 7) is 6.84. The van der Waals surface area contributed by atoms with Gasteiger partial charge in [0.1, 0.15) is 12.2 Å². The van der Waals surface area contributed by atoms with Gasteiger partial charge in [0, 0.05) is 29.9 Å². The summed E-state index contributed by atoms with van der Waals surface area (Å²) in [4.78, 5) is 17.1. The predicted molar refractivity (Wildman–Crippen MR) is 101 cm³/mol. The van der Waals surface area contributed by atoms with Gasteiger partial charge >= 0.3 is 12.0 Å². The average molecular weight is 406 g/mol. The molecule has 1 aliphatic heterocycles. The number of aryl methyl sites for hydroxylation is 4. The maximum Gasteiger partial charge on any atom is 0.317 e. The number of aliphatic hydroxyl groups excluding tert-OH is 2. The molecule has 1 aliphatic rings. The van der Waals surface area contributed by atoms with Gasteiger partial charge in [0.2, 0.25) is 0 Å². The first-order valence-electron chi connectivity index (χ1n) is 9.25. The van der Waals surface area contributed by atoms with Crippen LogP contribution in [0, 0.1) is 27.7 Å². The van der Waals surface area contributed by atoms with Crippen molar-refractivity contribution in [3.63, 3.8) is 0 Å². The molecule has 0 aromatic carbocycles. The Kier molecular flexibility index (Phi) is 6.58. The molecule has 0 unspecified atom stereocenters. The van der Waals surface area contributed by atoms with Gasteiger partial charge in [0.15, 0.2) is 18.5 Å². The van der Waals surface area contributed by atoms with E-state index in [9.17, 15) is 10.2 Å². The molecule has 10 heteroatoms. The van der Waals surface area contributed by atoms with Crippen LogP contribution in [0.2, 0.25) is 0 Å². The number of aliphatic hydroxyl groups is 2. The summed E-state index contributed by atoms with van der Waals surface area (Å²) >= 11 is 0. The fourth-order valence-electron chi connectivity index (χ4n) is 3.23. The van der Waals surface area contributed by atoms with Gasteiger partial charge in [-0.2, -0.15) is 0 Å². The molecule has 10 nitrogen and oxygen atoms in total. The predicted octanol–water partition coefficient (Wildman–Crippen LogP) is 0.420. The van der Waals surface area contributed by atoms with E-state index in [1.165, 1.54) is 7.11 Å². The van der Waals surface area contributed by atoms with Crippen molar-refractivity contribution in [1.29, 1.82) is 0 Å². The Labute approximate surface area is 168 Å². The van der Waals surface area contributed by atoms with Crippen molar-refractivity contribution in [3.05, 3.63) is 34.9 Å². The Morgan fingerprint density at radius 2 is 1.31 bits per heavy atom. The van der Waals surface area contributed by atoms with Crippen LogP contribution in [-0.4, -0.2) is 74.6 Å². The average Bonchev–Trinajstić information content (AvgIpc) is 2.63. The zero-order valence-electron chi connectivity index (χ0n) is 17.1. The van der Waals surface area contributed by atoms with E-state index in [-0.39, 0.29) is 12.0 Å². The van der Waals surface area contributed by atoms with E-state index < -0.39 is 37.3 Å². The Bertz CT molecular complexity index is 811. The molecule has 0 saturated carbocycles. The molecule has 2 aromatic heterocycles. The summed E-state index contributed by atoms with van der Waals surface area (Å²) in [6, 6.07) is 3.79. The Hall–Kier alpha value is -2.40. The van der Waals surface area contributed by atoms with Crippen LogP contribution in [0.1, 0.15) is 22.8 Å².